The maximum atomic E-state index is 5.75. The fraction of sp³-hybridized carbons (Fsp3) is 0.733. The summed E-state index contributed by atoms with van der Waals surface area (Å²) in [5, 5.41) is 3.29. The van der Waals surface area contributed by atoms with Gasteiger partial charge in [-0.1, -0.05) is 26.7 Å². The van der Waals surface area contributed by atoms with Gasteiger partial charge in [0, 0.05) is 12.1 Å². The first kappa shape index (κ1) is 15.3. The highest BCUT2D eigenvalue weighted by Crippen LogP contribution is 2.16. The molecule has 3 heteroatoms. The largest absolute Gasteiger partial charge is 0.465 e. The Balaban J connectivity index is 2.42. The first-order chi connectivity index (χ1) is 8.67. The van der Waals surface area contributed by atoms with Crippen LogP contribution in [0.5, 0.6) is 0 Å². The Morgan fingerprint density at radius 1 is 1.28 bits per heavy atom. The van der Waals surface area contributed by atoms with E-state index in [4.69, 9.17) is 4.42 Å². The van der Waals surface area contributed by atoms with E-state index < -0.39 is 0 Å². The third-order valence-corrected chi connectivity index (χ3v) is 3.20. The maximum absolute atomic E-state index is 5.75. The van der Waals surface area contributed by atoms with Crippen molar-refractivity contribution in [1.82, 2.24) is 10.2 Å². The average molecular weight is 252 g/mol. The fourth-order valence-corrected chi connectivity index (χ4v) is 2.08. The average Bonchev–Trinajstić information content (AvgIpc) is 2.68. The van der Waals surface area contributed by atoms with Crippen LogP contribution in [-0.2, 0) is 13.1 Å². The van der Waals surface area contributed by atoms with Crippen molar-refractivity contribution in [3.05, 3.63) is 23.2 Å². The SMILES string of the molecule is CCCCCN(C)Cc1cc(CNCC)oc1C. The van der Waals surface area contributed by atoms with Gasteiger partial charge in [0.15, 0.2) is 0 Å². The van der Waals surface area contributed by atoms with E-state index in [0.717, 1.165) is 31.2 Å². The summed E-state index contributed by atoms with van der Waals surface area (Å²) in [6.45, 7) is 10.4. The van der Waals surface area contributed by atoms with E-state index in [0.29, 0.717) is 0 Å². The van der Waals surface area contributed by atoms with Crippen molar-refractivity contribution in [2.75, 3.05) is 20.1 Å². The Kier molecular flexibility index (Phi) is 7.06. The third-order valence-electron chi connectivity index (χ3n) is 3.20. The Bertz CT molecular complexity index is 333. The number of nitrogens with one attached hydrogen (secondary N) is 1. The van der Waals surface area contributed by atoms with Crippen LogP contribution in [0, 0.1) is 6.92 Å². The normalized spacial score (nSPS) is 11.4. The van der Waals surface area contributed by atoms with Gasteiger partial charge >= 0.3 is 0 Å². The van der Waals surface area contributed by atoms with Gasteiger partial charge in [-0.2, -0.15) is 0 Å². The molecule has 0 aliphatic rings. The molecule has 3 nitrogen and oxygen atoms in total. The predicted octanol–water partition coefficient (Wildman–Crippen LogP) is 3.32. The summed E-state index contributed by atoms with van der Waals surface area (Å²) in [7, 11) is 2.19. The second-order valence-electron chi connectivity index (χ2n) is 5.02. The van der Waals surface area contributed by atoms with Gasteiger partial charge in [0.2, 0.25) is 0 Å². The number of aryl methyl sites for hydroxylation is 1. The van der Waals surface area contributed by atoms with Crippen molar-refractivity contribution in [1.29, 1.82) is 0 Å². The quantitative estimate of drug-likeness (QED) is 0.683. The summed E-state index contributed by atoms with van der Waals surface area (Å²) >= 11 is 0. The van der Waals surface area contributed by atoms with Crippen molar-refractivity contribution in [3.8, 4) is 0 Å². The van der Waals surface area contributed by atoms with E-state index in [1.807, 2.05) is 0 Å². The molecule has 0 saturated carbocycles. The number of hydrogen-bond acceptors (Lipinski definition) is 3. The van der Waals surface area contributed by atoms with E-state index in [-0.39, 0.29) is 0 Å². The highest BCUT2D eigenvalue weighted by molar-refractivity contribution is 5.20. The summed E-state index contributed by atoms with van der Waals surface area (Å²) in [6.07, 6.45) is 3.89. The summed E-state index contributed by atoms with van der Waals surface area (Å²) in [5.41, 5.74) is 1.32. The van der Waals surface area contributed by atoms with Gasteiger partial charge < -0.3 is 14.6 Å². The fourth-order valence-electron chi connectivity index (χ4n) is 2.08. The molecule has 0 unspecified atom stereocenters. The van der Waals surface area contributed by atoms with Gasteiger partial charge in [-0.05, 0) is 39.5 Å². The highest BCUT2D eigenvalue weighted by atomic mass is 16.3. The maximum Gasteiger partial charge on any atom is 0.118 e. The van der Waals surface area contributed by atoms with Gasteiger partial charge in [0.05, 0.1) is 6.54 Å². The minimum atomic E-state index is 0.830. The Hall–Kier alpha value is -0.800. The van der Waals surface area contributed by atoms with Crippen LogP contribution in [0.2, 0.25) is 0 Å². The zero-order valence-corrected chi connectivity index (χ0v) is 12.4. The Labute approximate surface area is 112 Å². The monoisotopic (exact) mass is 252 g/mol. The van der Waals surface area contributed by atoms with Crippen LogP contribution >= 0.6 is 0 Å². The van der Waals surface area contributed by atoms with E-state index in [2.05, 4.69) is 44.1 Å². The lowest BCUT2D eigenvalue weighted by Gasteiger charge is -2.15. The lowest BCUT2D eigenvalue weighted by molar-refractivity contribution is 0.315. The molecule has 1 rings (SSSR count). The molecule has 0 atom stereocenters. The molecular weight excluding hydrogens is 224 g/mol. The zero-order chi connectivity index (χ0) is 13.4. The van der Waals surface area contributed by atoms with Crippen molar-refractivity contribution in [2.24, 2.45) is 0 Å². The van der Waals surface area contributed by atoms with Crippen LogP contribution in [0.4, 0.5) is 0 Å². The number of nitrogens with zero attached hydrogens (tertiary/aromatic N) is 1. The highest BCUT2D eigenvalue weighted by Gasteiger charge is 2.09. The van der Waals surface area contributed by atoms with Crippen molar-refractivity contribution in [3.63, 3.8) is 0 Å². The first-order valence-corrected chi connectivity index (χ1v) is 7.14. The molecule has 0 radical (unpaired) electrons. The molecule has 1 aromatic rings. The minimum absolute atomic E-state index is 0.830. The van der Waals surface area contributed by atoms with Crippen molar-refractivity contribution >= 4 is 0 Å². The number of rotatable bonds is 9. The van der Waals surface area contributed by atoms with E-state index in [9.17, 15) is 0 Å². The molecule has 1 N–H and O–H groups in total. The Morgan fingerprint density at radius 2 is 2.06 bits per heavy atom. The second kappa shape index (κ2) is 8.33. The third kappa shape index (κ3) is 5.23. The smallest absolute Gasteiger partial charge is 0.118 e. The zero-order valence-electron chi connectivity index (χ0n) is 12.4. The van der Waals surface area contributed by atoms with Gasteiger partial charge in [-0.25, -0.2) is 0 Å². The molecule has 18 heavy (non-hydrogen) atoms. The molecule has 1 aromatic heterocycles. The molecule has 0 aliphatic heterocycles. The van der Waals surface area contributed by atoms with Crippen LogP contribution in [0.1, 0.15) is 50.2 Å². The second-order valence-corrected chi connectivity index (χ2v) is 5.02. The minimum Gasteiger partial charge on any atom is -0.465 e. The first-order valence-electron chi connectivity index (χ1n) is 7.14. The summed E-state index contributed by atoms with van der Waals surface area (Å²) in [5.74, 6) is 2.11. The van der Waals surface area contributed by atoms with Gasteiger partial charge in [0.1, 0.15) is 11.5 Å². The van der Waals surface area contributed by atoms with E-state index >= 15 is 0 Å². The standard InChI is InChI=1S/C15H28N2O/c1-5-7-8-9-17(4)12-14-10-15(11-16-6-2)18-13(14)3/h10,16H,5-9,11-12H2,1-4H3. The molecule has 0 aliphatic carbocycles. The van der Waals surface area contributed by atoms with E-state index in [1.165, 1.54) is 31.4 Å². The molecular formula is C15H28N2O. The topological polar surface area (TPSA) is 28.4 Å². The lowest BCUT2D eigenvalue weighted by Crippen LogP contribution is -2.19. The summed E-state index contributed by atoms with van der Waals surface area (Å²) < 4.78 is 5.75. The van der Waals surface area contributed by atoms with Gasteiger partial charge in [-0.3, -0.25) is 0 Å². The van der Waals surface area contributed by atoms with Crippen molar-refractivity contribution in [2.45, 2.75) is 53.1 Å². The number of hydrogen-bond donors (Lipinski definition) is 1. The Morgan fingerprint density at radius 3 is 2.72 bits per heavy atom. The number of unbranched alkanes of at least 4 members (excludes halogenated alkanes) is 2. The molecule has 104 valence electrons. The van der Waals surface area contributed by atoms with Gasteiger partial charge in [-0.15, -0.1) is 0 Å². The molecule has 0 amide bonds. The predicted molar refractivity (Wildman–Crippen MR) is 76.7 cm³/mol. The number of furan rings is 1. The molecule has 0 saturated heterocycles. The van der Waals surface area contributed by atoms with Crippen LogP contribution in [0.15, 0.2) is 10.5 Å². The lowest BCUT2D eigenvalue weighted by atomic mass is 10.2. The molecule has 0 spiro atoms. The van der Waals surface area contributed by atoms with Crippen LogP contribution in [0.25, 0.3) is 0 Å². The molecule has 1 heterocycles. The summed E-state index contributed by atoms with van der Waals surface area (Å²) in [6, 6.07) is 2.19. The van der Waals surface area contributed by atoms with Crippen molar-refractivity contribution < 1.29 is 4.42 Å². The van der Waals surface area contributed by atoms with Crippen LogP contribution in [0.3, 0.4) is 0 Å². The molecule has 0 fully saturated rings. The van der Waals surface area contributed by atoms with E-state index in [1.54, 1.807) is 0 Å². The van der Waals surface area contributed by atoms with Gasteiger partial charge in [0.25, 0.3) is 0 Å². The van der Waals surface area contributed by atoms with Crippen LogP contribution in [-0.4, -0.2) is 25.0 Å². The van der Waals surface area contributed by atoms with Crippen LogP contribution < -0.4 is 5.32 Å². The molecule has 0 aromatic carbocycles. The molecule has 0 bridgehead atoms. The summed E-state index contributed by atoms with van der Waals surface area (Å²) in [4.78, 5) is 2.38.